The Labute approximate surface area is 90.3 Å². The van der Waals surface area contributed by atoms with Crippen molar-refractivity contribution in [1.29, 1.82) is 0 Å². The molecule has 0 saturated carbocycles. The van der Waals surface area contributed by atoms with Gasteiger partial charge in [0.25, 0.3) is 5.69 Å². The predicted molar refractivity (Wildman–Crippen MR) is 54.9 cm³/mol. The quantitative estimate of drug-likeness (QED) is 0.381. The molecule has 0 heterocycles. The Hall–Kier alpha value is -2.15. The average molecular weight is 226 g/mol. The number of hydrogen-bond donors (Lipinski definition) is 3. The van der Waals surface area contributed by atoms with Gasteiger partial charge < -0.3 is 15.9 Å². The molecule has 1 atom stereocenters. The highest BCUT2D eigenvalue weighted by molar-refractivity contribution is 5.72. The van der Waals surface area contributed by atoms with Crippen molar-refractivity contribution in [2.75, 3.05) is 5.73 Å². The number of anilines is 1. The normalized spacial score (nSPS) is 12.1. The van der Waals surface area contributed by atoms with E-state index in [4.69, 9.17) is 15.9 Å². The molecule has 0 saturated heterocycles. The van der Waals surface area contributed by atoms with E-state index in [1.165, 1.54) is 12.1 Å². The van der Waals surface area contributed by atoms with Crippen LogP contribution < -0.4 is 5.73 Å². The number of nitrogens with two attached hydrogens (primary N) is 1. The lowest BCUT2D eigenvalue weighted by atomic mass is 10.1. The predicted octanol–water partition coefficient (Wildman–Crippen LogP) is 0.165. The van der Waals surface area contributed by atoms with Gasteiger partial charge in [-0.25, -0.2) is 4.79 Å². The molecule has 1 rings (SSSR count). The van der Waals surface area contributed by atoms with E-state index in [-0.39, 0.29) is 17.8 Å². The highest BCUT2D eigenvalue weighted by Gasteiger charge is 2.17. The molecule has 1 aromatic rings. The molecule has 0 aromatic heterocycles. The van der Waals surface area contributed by atoms with Crippen LogP contribution in [0.25, 0.3) is 0 Å². The number of rotatable bonds is 4. The average Bonchev–Trinajstić information content (AvgIpc) is 2.20. The fourth-order valence-electron chi connectivity index (χ4n) is 1.18. The summed E-state index contributed by atoms with van der Waals surface area (Å²) in [5.41, 5.74) is 5.41. The van der Waals surface area contributed by atoms with Gasteiger partial charge in [-0.05, 0) is 11.6 Å². The zero-order chi connectivity index (χ0) is 12.3. The van der Waals surface area contributed by atoms with Crippen molar-refractivity contribution in [3.05, 3.63) is 33.9 Å². The molecule has 16 heavy (non-hydrogen) atoms. The minimum absolute atomic E-state index is 0.00133. The molecular weight excluding hydrogens is 216 g/mol. The zero-order valence-electron chi connectivity index (χ0n) is 8.16. The van der Waals surface area contributed by atoms with E-state index in [1.807, 2.05) is 0 Å². The lowest BCUT2D eigenvalue weighted by Crippen LogP contribution is -2.22. The van der Waals surface area contributed by atoms with E-state index in [9.17, 15) is 14.9 Å². The van der Waals surface area contributed by atoms with Crippen molar-refractivity contribution >= 4 is 17.3 Å². The lowest BCUT2D eigenvalue weighted by Gasteiger charge is -2.06. The summed E-state index contributed by atoms with van der Waals surface area (Å²) in [6.45, 7) is 0. The van der Waals surface area contributed by atoms with Crippen LogP contribution in [0.5, 0.6) is 0 Å². The number of hydrogen-bond acceptors (Lipinski definition) is 5. The van der Waals surface area contributed by atoms with Crippen LogP contribution in [0, 0.1) is 10.1 Å². The van der Waals surface area contributed by atoms with E-state index in [0.717, 1.165) is 6.07 Å². The zero-order valence-corrected chi connectivity index (χ0v) is 8.16. The van der Waals surface area contributed by atoms with Crippen LogP contribution >= 0.6 is 0 Å². The van der Waals surface area contributed by atoms with Crippen LogP contribution in [-0.2, 0) is 11.2 Å². The maximum atomic E-state index is 10.5. The molecular formula is C9H10N2O5. The number of aliphatic hydroxyl groups is 1. The van der Waals surface area contributed by atoms with Gasteiger partial charge in [0.05, 0.1) is 4.92 Å². The lowest BCUT2D eigenvalue weighted by molar-refractivity contribution is -0.384. The van der Waals surface area contributed by atoms with Crippen LogP contribution in [0.3, 0.4) is 0 Å². The molecule has 0 fully saturated rings. The number of carboxylic acid groups (broad SMARTS) is 1. The fraction of sp³-hybridized carbons (Fsp3) is 0.222. The molecule has 0 amide bonds. The Morgan fingerprint density at radius 3 is 2.69 bits per heavy atom. The molecule has 7 nitrogen and oxygen atoms in total. The summed E-state index contributed by atoms with van der Waals surface area (Å²) < 4.78 is 0. The molecule has 0 bridgehead atoms. The van der Waals surface area contributed by atoms with Gasteiger partial charge in [-0.1, -0.05) is 6.07 Å². The van der Waals surface area contributed by atoms with Crippen LogP contribution in [-0.4, -0.2) is 27.2 Å². The maximum Gasteiger partial charge on any atom is 0.332 e. The molecule has 0 aliphatic heterocycles. The molecule has 0 aliphatic rings. The Bertz CT molecular complexity index is 432. The van der Waals surface area contributed by atoms with Crippen LogP contribution in [0.15, 0.2) is 18.2 Å². The van der Waals surface area contributed by atoms with Gasteiger partial charge in [0.2, 0.25) is 0 Å². The number of benzene rings is 1. The number of nitro groups is 1. The number of nitrogens with zero attached hydrogens (tertiary/aromatic N) is 1. The Morgan fingerprint density at radius 1 is 1.56 bits per heavy atom. The van der Waals surface area contributed by atoms with Gasteiger partial charge in [-0.15, -0.1) is 0 Å². The SMILES string of the molecule is Nc1ccc(C[C@@H](O)C(=O)O)cc1[N+](=O)[O-]. The van der Waals surface area contributed by atoms with E-state index in [1.54, 1.807) is 0 Å². The first-order valence-electron chi connectivity index (χ1n) is 4.35. The highest BCUT2D eigenvalue weighted by Crippen LogP contribution is 2.22. The summed E-state index contributed by atoms with van der Waals surface area (Å²) in [5.74, 6) is -1.38. The van der Waals surface area contributed by atoms with Crippen molar-refractivity contribution in [3.63, 3.8) is 0 Å². The minimum Gasteiger partial charge on any atom is -0.479 e. The number of aliphatic carboxylic acids is 1. The monoisotopic (exact) mass is 226 g/mol. The van der Waals surface area contributed by atoms with Crippen LogP contribution in [0.4, 0.5) is 11.4 Å². The number of nitro benzene ring substituents is 1. The van der Waals surface area contributed by atoms with Crippen molar-refractivity contribution in [1.82, 2.24) is 0 Å². The number of nitrogen functional groups attached to an aromatic ring is 1. The van der Waals surface area contributed by atoms with Crippen molar-refractivity contribution in [3.8, 4) is 0 Å². The van der Waals surface area contributed by atoms with Gasteiger partial charge in [0.1, 0.15) is 5.69 Å². The first kappa shape index (κ1) is 11.9. The van der Waals surface area contributed by atoms with E-state index in [2.05, 4.69) is 0 Å². The van der Waals surface area contributed by atoms with Gasteiger partial charge in [0, 0.05) is 12.5 Å². The van der Waals surface area contributed by atoms with Crippen LogP contribution in [0.2, 0.25) is 0 Å². The number of carbonyl (C=O) groups is 1. The van der Waals surface area contributed by atoms with Gasteiger partial charge >= 0.3 is 5.97 Å². The first-order chi connectivity index (χ1) is 7.41. The summed E-state index contributed by atoms with van der Waals surface area (Å²) in [4.78, 5) is 20.3. The molecule has 0 spiro atoms. The largest absolute Gasteiger partial charge is 0.479 e. The summed E-state index contributed by atoms with van der Waals surface area (Å²) in [5, 5.41) is 28.1. The fourth-order valence-corrected chi connectivity index (χ4v) is 1.18. The third kappa shape index (κ3) is 2.67. The summed E-state index contributed by atoms with van der Waals surface area (Å²) in [7, 11) is 0. The number of carboxylic acids is 1. The minimum atomic E-state index is -1.58. The van der Waals surface area contributed by atoms with Crippen LogP contribution in [0.1, 0.15) is 5.56 Å². The van der Waals surface area contributed by atoms with Gasteiger partial charge in [-0.3, -0.25) is 10.1 Å². The maximum absolute atomic E-state index is 10.5. The summed E-state index contributed by atoms with van der Waals surface area (Å²) >= 11 is 0. The standard InChI is InChI=1S/C9H10N2O5/c10-6-2-1-5(3-7(6)11(15)16)4-8(12)9(13)14/h1-3,8,12H,4,10H2,(H,13,14)/t8-/m1/s1. The van der Waals surface area contributed by atoms with Gasteiger partial charge in [-0.2, -0.15) is 0 Å². The Kier molecular flexibility index (Phi) is 3.41. The van der Waals surface area contributed by atoms with Crippen molar-refractivity contribution in [2.45, 2.75) is 12.5 Å². The Morgan fingerprint density at radius 2 is 2.19 bits per heavy atom. The molecule has 0 unspecified atom stereocenters. The third-order valence-electron chi connectivity index (χ3n) is 2.01. The van der Waals surface area contributed by atoms with E-state index < -0.39 is 17.0 Å². The third-order valence-corrected chi connectivity index (χ3v) is 2.01. The topological polar surface area (TPSA) is 127 Å². The second-order valence-electron chi connectivity index (χ2n) is 3.21. The van der Waals surface area contributed by atoms with Crippen molar-refractivity contribution in [2.24, 2.45) is 0 Å². The Balaban J connectivity index is 2.95. The molecule has 86 valence electrons. The second kappa shape index (κ2) is 4.58. The molecule has 1 aromatic carbocycles. The first-order valence-corrected chi connectivity index (χ1v) is 4.35. The van der Waals surface area contributed by atoms with E-state index in [0.29, 0.717) is 5.56 Å². The molecule has 4 N–H and O–H groups in total. The number of aliphatic hydroxyl groups excluding tert-OH is 1. The summed E-state index contributed by atoms with van der Waals surface area (Å²) in [6.07, 6.45) is -1.78. The second-order valence-corrected chi connectivity index (χ2v) is 3.21. The van der Waals surface area contributed by atoms with Gasteiger partial charge in [0.15, 0.2) is 6.10 Å². The molecule has 0 radical (unpaired) electrons. The van der Waals surface area contributed by atoms with E-state index >= 15 is 0 Å². The van der Waals surface area contributed by atoms with Crippen molar-refractivity contribution < 1.29 is 19.9 Å². The summed E-state index contributed by atoms with van der Waals surface area (Å²) in [6, 6.07) is 3.90. The highest BCUT2D eigenvalue weighted by atomic mass is 16.6. The smallest absolute Gasteiger partial charge is 0.332 e. The molecule has 7 heteroatoms. The molecule has 0 aliphatic carbocycles.